The molecule has 0 radical (unpaired) electrons. The van der Waals surface area contributed by atoms with Gasteiger partial charge in [-0.3, -0.25) is 4.79 Å². The van der Waals surface area contributed by atoms with E-state index in [0.717, 1.165) is 17.8 Å². The summed E-state index contributed by atoms with van der Waals surface area (Å²) in [7, 11) is -3.05. The number of sulfone groups is 1. The van der Waals surface area contributed by atoms with E-state index < -0.39 is 34.2 Å². The lowest BCUT2D eigenvalue weighted by Gasteiger charge is -2.16. The third kappa shape index (κ3) is 5.29. The molecule has 1 saturated heterocycles. The van der Waals surface area contributed by atoms with Gasteiger partial charge in [0.1, 0.15) is 0 Å². The molecule has 2 rings (SSSR count). The molecular formula is C18H23NO7S. The Balaban J connectivity index is 2.02. The summed E-state index contributed by atoms with van der Waals surface area (Å²) >= 11 is 0. The zero-order valence-electron chi connectivity index (χ0n) is 15.6. The van der Waals surface area contributed by atoms with Gasteiger partial charge in [0.2, 0.25) is 5.78 Å². The van der Waals surface area contributed by atoms with Crippen molar-refractivity contribution in [3.63, 3.8) is 0 Å². The number of hydrogen-bond donors (Lipinski definition) is 0. The molecule has 0 saturated carbocycles. The van der Waals surface area contributed by atoms with E-state index in [1.54, 1.807) is 19.9 Å². The molecule has 9 heteroatoms. The summed E-state index contributed by atoms with van der Waals surface area (Å²) in [6.45, 7) is 4.91. The SMILES string of the molecule is CCOC(=O)/C=C/C(=O)OCC(=O)c1cc(C)n([C@@H]2CCS(=O)(=O)C2)c1C. The molecule has 1 atom stereocenters. The van der Waals surface area contributed by atoms with Crippen molar-refractivity contribution in [2.75, 3.05) is 24.7 Å². The number of ether oxygens (including phenoxy) is 2. The molecule has 0 N–H and O–H groups in total. The van der Waals surface area contributed by atoms with Crippen molar-refractivity contribution in [1.29, 1.82) is 0 Å². The quantitative estimate of drug-likeness (QED) is 0.388. The summed E-state index contributed by atoms with van der Waals surface area (Å²) < 4.78 is 34.8. The number of rotatable bonds is 7. The monoisotopic (exact) mass is 397 g/mol. The van der Waals surface area contributed by atoms with Gasteiger partial charge in [-0.2, -0.15) is 0 Å². The maximum Gasteiger partial charge on any atom is 0.331 e. The van der Waals surface area contributed by atoms with Crippen molar-refractivity contribution in [3.05, 3.63) is 35.2 Å². The number of ketones is 1. The van der Waals surface area contributed by atoms with E-state index in [1.165, 1.54) is 0 Å². The third-order valence-corrected chi connectivity index (χ3v) is 6.10. The van der Waals surface area contributed by atoms with Crippen LogP contribution < -0.4 is 0 Å². The summed E-state index contributed by atoms with van der Waals surface area (Å²) in [6, 6.07) is 1.48. The molecule has 8 nitrogen and oxygen atoms in total. The highest BCUT2D eigenvalue weighted by Gasteiger charge is 2.31. The summed E-state index contributed by atoms with van der Waals surface area (Å²) in [6.07, 6.45) is 2.35. The highest BCUT2D eigenvalue weighted by Crippen LogP contribution is 2.29. The molecule has 1 aromatic rings. The van der Waals surface area contributed by atoms with E-state index in [9.17, 15) is 22.8 Å². The van der Waals surface area contributed by atoms with Crippen LogP contribution in [-0.4, -0.2) is 55.4 Å². The van der Waals surface area contributed by atoms with Crippen molar-refractivity contribution in [2.24, 2.45) is 0 Å². The number of carbonyl (C=O) groups excluding carboxylic acids is 3. The maximum absolute atomic E-state index is 12.4. The molecule has 1 aromatic heterocycles. The van der Waals surface area contributed by atoms with Gasteiger partial charge in [-0.25, -0.2) is 18.0 Å². The van der Waals surface area contributed by atoms with Crippen LogP contribution in [0.3, 0.4) is 0 Å². The molecule has 0 spiro atoms. The second-order valence-corrected chi connectivity index (χ2v) is 8.56. The molecule has 0 aliphatic carbocycles. The Morgan fingerprint density at radius 1 is 1.19 bits per heavy atom. The summed E-state index contributed by atoms with van der Waals surface area (Å²) in [5, 5.41) is 0. The Morgan fingerprint density at radius 3 is 2.37 bits per heavy atom. The van der Waals surface area contributed by atoms with Crippen molar-refractivity contribution < 1.29 is 32.3 Å². The van der Waals surface area contributed by atoms with E-state index in [4.69, 9.17) is 4.74 Å². The molecule has 1 aliphatic rings. The first-order valence-electron chi connectivity index (χ1n) is 8.58. The van der Waals surface area contributed by atoms with Crippen molar-refractivity contribution in [1.82, 2.24) is 4.57 Å². The molecule has 1 fully saturated rings. The number of carbonyl (C=O) groups is 3. The van der Waals surface area contributed by atoms with E-state index in [1.807, 2.05) is 11.5 Å². The van der Waals surface area contributed by atoms with Gasteiger partial charge < -0.3 is 14.0 Å². The predicted octanol–water partition coefficient (Wildman–Crippen LogP) is 1.31. The molecule has 0 aromatic carbocycles. The molecule has 1 aliphatic heterocycles. The lowest BCUT2D eigenvalue weighted by molar-refractivity contribution is -0.139. The Hall–Kier alpha value is -2.42. The number of esters is 2. The van der Waals surface area contributed by atoms with Crippen molar-refractivity contribution in [3.8, 4) is 0 Å². The van der Waals surface area contributed by atoms with E-state index in [2.05, 4.69) is 4.74 Å². The second kappa shape index (κ2) is 8.51. The number of aryl methyl sites for hydroxylation is 1. The van der Waals surface area contributed by atoms with Crippen LogP contribution in [0.1, 0.15) is 41.1 Å². The summed E-state index contributed by atoms with van der Waals surface area (Å²) in [4.78, 5) is 35.1. The van der Waals surface area contributed by atoms with Crippen molar-refractivity contribution >= 4 is 27.6 Å². The van der Waals surface area contributed by atoms with Crippen LogP contribution in [0.25, 0.3) is 0 Å². The smallest absolute Gasteiger partial charge is 0.331 e. The predicted molar refractivity (Wildman–Crippen MR) is 97.3 cm³/mol. The Morgan fingerprint density at radius 2 is 1.81 bits per heavy atom. The zero-order valence-corrected chi connectivity index (χ0v) is 16.4. The Bertz CT molecular complexity index is 880. The topological polar surface area (TPSA) is 109 Å². The van der Waals surface area contributed by atoms with Gasteiger partial charge in [0, 0.05) is 35.1 Å². The normalized spacial score (nSPS) is 18.6. The molecule has 148 valence electrons. The van der Waals surface area contributed by atoms with Gasteiger partial charge >= 0.3 is 11.9 Å². The van der Waals surface area contributed by atoms with Crippen LogP contribution in [-0.2, 0) is 28.9 Å². The first kappa shape index (κ1) is 20.9. The minimum absolute atomic E-state index is 0.0601. The third-order valence-electron chi connectivity index (χ3n) is 4.35. The fraction of sp³-hybridized carbons (Fsp3) is 0.500. The first-order valence-corrected chi connectivity index (χ1v) is 10.4. The van der Waals surface area contributed by atoms with Gasteiger partial charge in [0.15, 0.2) is 16.4 Å². The van der Waals surface area contributed by atoms with Gasteiger partial charge in [-0.1, -0.05) is 0 Å². The fourth-order valence-electron chi connectivity index (χ4n) is 3.19. The standard InChI is InChI=1S/C18H23NO7S/c1-4-25-17(21)5-6-18(22)26-10-16(20)15-9-12(2)19(13(15)3)14-7-8-27(23,24)11-14/h5-6,9,14H,4,7-8,10-11H2,1-3H3/b6-5+/t14-/m1/s1. The summed E-state index contributed by atoms with van der Waals surface area (Å²) in [5.41, 5.74) is 1.82. The van der Waals surface area contributed by atoms with Crippen LogP contribution in [0.4, 0.5) is 0 Å². The second-order valence-electron chi connectivity index (χ2n) is 6.33. The van der Waals surface area contributed by atoms with E-state index in [-0.39, 0.29) is 24.2 Å². The molecule has 27 heavy (non-hydrogen) atoms. The maximum atomic E-state index is 12.4. The highest BCUT2D eigenvalue weighted by atomic mass is 32.2. The largest absolute Gasteiger partial charge is 0.463 e. The molecular weight excluding hydrogens is 374 g/mol. The average Bonchev–Trinajstić information content (AvgIpc) is 3.09. The van der Waals surface area contributed by atoms with Gasteiger partial charge in [-0.15, -0.1) is 0 Å². The van der Waals surface area contributed by atoms with Gasteiger partial charge in [0.25, 0.3) is 0 Å². The van der Waals surface area contributed by atoms with Crippen LogP contribution in [0.5, 0.6) is 0 Å². The fourth-order valence-corrected chi connectivity index (χ4v) is 4.89. The lowest BCUT2D eigenvalue weighted by atomic mass is 10.1. The van der Waals surface area contributed by atoms with Crippen molar-refractivity contribution in [2.45, 2.75) is 33.2 Å². The van der Waals surface area contributed by atoms with E-state index >= 15 is 0 Å². The minimum atomic E-state index is -3.05. The Labute approximate surface area is 158 Å². The summed E-state index contributed by atoms with van der Waals surface area (Å²) in [5.74, 6) is -1.69. The van der Waals surface area contributed by atoms with Gasteiger partial charge in [-0.05, 0) is 33.3 Å². The Kier molecular flexibility index (Phi) is 6.59. The van der Waals surface area contributed by atoms with Crippen LogP contribution in [0, 0.1) is 13.8 Å². The van der Waals surface area contributed by atoms with Crippen LogP contribution >= 0.6 is 0 Å². The number of aromatic nitrogens is 1. The number of hydrogen-bond acceptors (Lipinski definition) is 7. The average molecular weight is 397 g/mol. The first-order chi connectivity index (χ1) is 12.6. The minimum Gasteiger partial charge on any atom is -0.463 e. The van der Waals surface area contributed by atoms with Gasteiger partial charge in [0.05, 0.1) is 18.1 Å². The molecule has 0 amide bonds. The molecule has 0 bridgehead atoms. The lowest BCUT2D eigenvalue weighted by Crippen LogP contribution is -2.16. The zero-order chi connectivity index (χ0) is 20.2. The highest BCUT2D eigenvalue weighted by molar-refractivity contribution is 7.91. The number of Topliss-reactive ketones (excluding diaryl/α,β-unsaturated/α-hetero) is 1. The molecule has 0 unspecified atom stereocenters. The molecule has 2 heterocycles. The van der Waals surface area contributed by atoms with E-state index in [0.29, 0.717) is 17.7 Å². The van der Waals surface area contributed by atoms with Crippen LogP contribution in [0.2, 0.25) is 0 Å². The van der Waals surface area contributed by atoms with Crippen LogP contribution in [0.15, 0.2) is 18.2 Å². The number of nitrogens with zero attached hydrogens (tertiary/aromatic N) is 1.